The van der Waals surface area contributed by atoms with Gasteiger partial charge in [0.2, 0.25) is 5.95 Å². The fourth-order valence-corrected chi connectivity index (χ4v) is 3.74. The van der Waals surface area contributed by atoms with Crippen molar-refractivity contribution in [1.82, 2.24) is 9.97 Å². The number of hydrogen-bond donors (Lipinski definition) is 3. The summed E-state index contributed by atoms with van der Waals surface area (Å²) in [5.41, 5.74) is 3.02. The SMILES string of the molecule is CCOc1ccc(Nc2nc(C)c(NC(=O)c3cccc(Cl)c3)c(Nc3ccc(OCC)cc3)n2)cc1. The first-order valence-corrected chi connectivity index (χ1v) is 12.3. The smallest absolute Gasteiger partial charge is 0.255 e. The van der Waals surface area contributed by atoms with Crippen LogP contribution in [0.2, 0.25) is 5.02 Å². The first-order chi connectivity index (χ1) is 17.9. The van der Waals surface area contributed by atoms with Crippen LogP contribution in [0.3, 0.4) is 0 Å². The van der Waals surface area contributed by atoms with E-state index < -0.39 is 0 Å². The van der Waals surface area contributed by atoms with Crippen molar-refractivity contribution in [3.8, 4) is 11.5 Å². The predicted molar refractivity (Wildman–Crippen MR) is 148 cm³/mol. The number of hydrogen-bond acceptors (Lipinski definition) is 7. The molecule has 3 aromatic carbocycles. The first-order valence-electron chi connectivity index (χ1n) is 11.9. The lowest BCUT2D eigenvalue weighted by Gasteiger charge is -2.17. The molecule has 0 radical (unpaired) electrons. The molecule has 1 amide bonds. The topological polar surface area (TPSA) is 97.4 Å². The molecule has 1 aromatic heterocycles. The lowest BCUT2D eigenvalue weighted by atomic mass is 10.2. The van der Waals surface area contributed by atoms with Gasteiger partial charge in [0.1, 0.15) is 17.2 Å². The molecule has 3 N–H and O–H groups in total. The van der Waals surface area contributed by atoms with Gasteiger partial charge in [0.25, 0.3) is 5.91 Å². The number of aryl methyl sites for hydroxylation is 1. The minimum atomic E-state index is -0.323. The largest absolute Gasteiger partial charge is 0.494 e. The number of anilines is 5. The van der Waals surface area contributed by atoms with E-state index in [9.17, 15) is 4.79 Å². The second-order valence-electron chi connectivity index (χ2n) is 7.99. The Bertz CT molecular complexity index is 1360. The van der Waals surface area contributed by atoms with E-state index in [-0.39, 0.29) is 5.91 Å². The van der Waals surface area contributed by atoms with Gasteiger partial charge in [-0.3, -0.25) is 4.79 Å². The quantitative estimate of drug-likeness (QED) is 0.209. The van der Waals surface area contributed by atoms with Crippen LogP contribution in [-0.2, 0) is 0 Å². The number of nitrogens with zero attached hydrogens (tertiary/aromatic N) is 2. The van der Waals surface area contributed by atoms with Gasteiger partial charge >= 0.3 is 0 Å². The molecule has 8 nitrogen and oxygen atoms in total. The molecule has 4 aromatic rings. The van der Waals surface area contributed by atoms with Gasteiger partial charge in [0.15, 0.2) is 5.82 Å². The summed E-state index contributed by atoms with van der Waals surface area (Å²) in [5.74, 6) is 2.02. The van der Waals surface area contributed by atoms with Crippen LogP contribution >= 0.6 is 11.6 Å². The van der Waals surface area contributed by atoms with E-state index in [0.717, 1.165) is 22.9 Å². The summed E-state index contributed by atoms with van der Waals surface area (Å²) in [7, 11) is 0. The number of nitrogens with one attached hydrogen (secondary N) is 3. The second kappa shape index (κ2) is 12.1. The van der Waals surface area contributed by atoms with Crippen molar-refractivity contribution in [2.75, 3.05) is 29.2 Å². The Morgan fingerprint density at radius 1 is 0.838 bits per heavy atom. The molecule has 0 fully saturated rings. The molecule has 0 aliphatic rings. The zero-order chi connectivity index (χ0) is 26.2. The Balaban J connectivity index is 1.65. The third-order valence-electron chi connectivity index (χ3n) is 5.26. The zero-order valence-corrected chi connectivity index (χ0v) is 21.6. The third kappa shape index (κ3) is 6.89. The highest BCUT2D eigenvalue weighted by Crippen LogP contribution is 2.30. The number of aromatic nitrogens is 2. The van der Waals surface area contributed by atoms with E-state index in [2.05, 4.69) is 25.9 Å². The fourth-order valence-electron chi connectivity index (χ4n) is 3.55. The Morgan fingerprint density at radius 2 is 1.43 bits per heavy atom. The van der Waals surface area contributed by atoms with E-state index in [4.69, 9.17) is 21.1 Å². The molecule has 0 aliphatic heterocycles. The van der Waals surface area contributed by atoms with E-state index in [1.54, 1.807) is 24.3 Å². The van der Waals surface area contributed by atoms with E-state index in [1.165, 1.54) is 0 Å². The third-order valence-corrected chi connectivity index (χ3v) is 5.50. The van der Waals surface area contributed by atoms with Crippen molar-refractivity contribution in [3.05, 3.63) is 89.1 Å². The minimum absolute atomic E-state index is 0.323. The van der Waals surface area contributed by atoms with Crippen LogP contribution in [0.4, 0.5) is 28.8 Å². The molecule has 1 heterocycles. The van der Waals surface area contributed by atoms with Crippen LogP contribution in [0.15, 0.2) is 72.8 Å². The summed E-state index contributed by atoms with van der Waals surface area (Å²) in [6.07, 6.45) is 0. The average molecular weight is 518 g/mol. The van der Waals surface area contributed by atoms with Crippen molar-refractivity contribution >= 4 is 46.3 Å². The highest BCUT2D eigenvalue weighted by atomic mass is 35.5. The van der Waals surface area contributed by atoms with Crippen LogP contribution in [0.25, 0.3) is 0 Å². The highest BCUT2D eigenvalue weighted by Gasteiger charge is 2.17. The van der Waals surface area contributed by atoms with Crippen LogP contribution in [0.1, 0.15) is 29.9 Å². The highest BCUT2D eigenvalue weighted by molar-refractivity contribution is 6.31. The maximum atomic E-state index is 13.0. The predicted octanol–water partition coefficient (Wildman–Crippen LogP) is 6.98. The number of halogens is 1. The summed E-state index contributed by atoms with van der Waals surface area (Å²) < 4.78 is 11.0. The molecule has 0 unspecified atom stereocenters. The fraction of sp³-hybridized carbons (Fsp3) is 0.179. The van der Waals surface area contributed by atoms with Gasteiger partial charge < -0.3 is 25.4 Å². The van der Waals surface area contributed by atoms with Gasteiger partial charge in [-0.25, -0.2) is 4.98 Å². The van der Waals surface area contributed by atoms with Gasteiger partial charge in [-0.15, -0.1) is 0 Å². The van der Waals surface area contributed by atoms with Crippen LogP contribution in [0, 0.1) is 6.92 Å². The molecule has 0 aliphatic carbocycles. The number of benzene rings is 3. The van der Waals surface area contributed by atoms with Crippen LogP contribution < -0.4 is 25.4 Å². The number of carbonyl (C=O) groups is 1. The molecule has 4 rings (SSSR count). The lowest BCUT2D eigenvalue weighted by Crippen LogP contribution is -2.16. The summed E-state index contributed by atoms with van der Waals surface area (Å²) in [6, 6.07) is 21.7. The molecule has 37 heavy (non-hydrogen) atoms. The van der Waals surface area contributed by atoms with Crippen molar-refractivity contribution < 1.29 is 14.3 Å². The average Bonchev–Trinajstić information content (AvgIpc) is 2.89. The maximum Gasteiger partial charge on any atom is 0.255 e. The van der Waals surface area contributed by atoms with Crippen molar-refractivity contribution in [1.29, 1.82) is 0 Å². The molecular weight excluding hydrogens is 490 g/mol. The monoisotopic (exact) mass is 517 g/mol. The van der Waals surface area contributed by atoms with E-state index >= 15 is 0 Å². The molecule has 0 saturated heterocycles. The first kappa shape index (κ1) is 25.8. The molecule has 0 bridgehead atoms. The van der Waals surface area contributed by atoms with Crippen molar-refractivity contribution in [2.24, 2.45) is 0 Å². The molecule has 0 spiro atoms. The van der Waals surface area contributed by atoms with Crippen molar-refractivity contribution in [3.63, 3.8) is 0 Å². The summed E-state index contributed by atoms with van der Waals surface area (Å²) in [4.78, 5) is 22.3. The van der Waals surface area contributed by atoms with E-state index in [1.807, 2.05) is 69.3 Å². The van der Waals surface area contributed by atoms with E-state index in [0.29, 0.717) is 46.9 Å². The van der Waals surface area contributed by atoms with Gasteiger partial charge in [-0.2, -0.15) is 4.98 Å². The molecule has 9 heteroatoms. The number of rotatable bonds is 10. The Morgan fingerprint density at radius 3 is 2.00 bits per heavy atom. The second-order valence-corrected chi connectivity index (χ2v) is 8.42. The molecular formula is C28H28ClN5O3. The molecule has 0 saturated carbocycles. The number of ether oxygens (including phenoxy) is 2. The summed E-state index contributed by atoms with van der Waals surface area (Å²) in [5, 5.41) is 9.92. The van der Waals surface area contributed by atoms with Crippen LogP contribution in [-0.4, -0.2) is 29.1 Å². The molecule has 0 atom stereocenters. The Kier molecular flexibility index (Phi) is 8.43. The zero-order valence-electron chi connectivity index (χ0n) is 20.8. The Labute approximate surface area is 221 Å². The maximum absolute atomic E-state index is 13.0. The minimum Gasteiger partial charge on any atom is -0.494 e. The van der Waals surface area contributed by atoms with Gasteiger partial charge in [0.05, 0.1) is 18.9 Å². The number of amides is 1. The normalized spacial score (nSPS) is 10.5. The van der Waals surface area contributed by atoms with Gasteiger partial charge in [-0.05, 0) is 87.5 Å². The van der Waals surface area contributed by atoms with Crippen LogP contribution in [0.5, 0.6) is 11.5 Å². The van der Waals surface area contributed by atoms with Crippen molar-refractivity contribution in [2.45, 2.75) is 20.8 Å². The van der Waals surface area contributed by atoms with Gasteiger partial charge in [-0.1, -0.05) is 17.7 Å². The Hall–Kier alpha value is -4.30. The molecule has 190 valence electrons. The lowest BCUT2D eigenvalue weighted by molar-refractivity contribution is 0.102. The number of carbonyl (C=O) groups excluding carboxylic acids is 1. The standard InChI is InChI=1S/C28H28ClN5O3/c1-4-36-23-13-9-21(10-14-23)31-26-25(33-27(35)19-7-6-8-20(29)17-19)18(3)30-28(34-26)32-22-11-15-24(16-12-22)37-5-2/h6-17H,4-5H2,1-3H3,(H,33,35)(H2,30,31,32,34). The van der Waals surface area contributed by atoms with Gasteiger partial charge in [0, 0.05) is 22.0 Å². The summed E-state index contributed by atoms with van der Waals surface area (Å²) in [6.45, 7) is 6.86. The summed E-state index contributed by atoms with van der Waals surface area (Å²) >= 11 is 6.08.